The van der Waals surface area contributed by atoms with Crippen LogP contribution in [0.4, 0.5) is 5.69 Å². The molecule has 0 saturated heterocycles. The lowest BCUT2D eigenvalue weighted by Gasteiger charge is -2.27. The number of ether oxygens (including phenoxy) is 1. The third kappa shape index (κ3) is 1.53. The molecular weight excluding hydrogens is 250 g/mol. The van der Waals surface area contributed by atoms with Gasteiger partial charge in [0.05, 0.1) is 5.69 Å². The molecule has 3 heteroatoms. The van der Waals surface area contributed by atoms with Gasteiger partial charge in [0, 0.05) is 19.7 Å². The third-order valence-corrected chi connectivity index (χ3v) is 3.99. The summed E-state index contributed by atoms with van der Waals surface area (Å²) in [4.78, 5) is 14.5. The predicted octanol–water partition coefficient (Wildman–Crippen LogP) is 2.86. The van der Waals surface area contributed by atoms with E-state index in [-0.39, 0.29) is 5.91 Å². The summed E-state index contributed by atoms with van der Waals surface area (Å²) in [5.74, 6) is -0.0493. The fourth-order valence-corrected chi connectivity index (χ4v) is 2.95. The molecule has 0 saturated carbocycles. The second-order valence-corrected chi connectivity index (χ2v) is 5.14. The molecule has 1 aliphatic heterocycles. The van der Waals surface area contributed by atoms with Gasteiger partial charge < -0.3 is 9.64 Å². The molecule has 0 N–H and O–H groups in total. The smallest absolute Gasteiger partial charge is 0.268 e. The molecule has 20 heavy (non-hydrogen) atoms. The van der Waals surface area contributed by atoms with Crippen LogP contribution in [0.25, 0.3) is 0 Å². The van der Waals surface area contributed by atoms with Gasteiger partial charge in [0.25, 0.3) is 5.91 Å². The van der Waals surface area contributed by atoms with Crippen LogP contribution in [0.15, 0.2) is 48.5 Å². The lowest BCUT2D eigenvalue weighted by molar-refractivity contribution is -0.134. The normalized spacial score (nSPS) is 21.1. The lowest BCUT2D eigenvalue weighted by atomic mass is 9.86. The SMILES string of the molecule is CO[C@]1(c2ccccc2)C(=O)N(C)c2ccc(C)cc21. The fraction of sp³-hybridized carbons (Fsp3) is 0.235. The molecule has 0 radical (unpaired) electrons. The largest absolute Gasteiger partial charge is 0.359 e. The van der Waals surface area contributed by atoms with E-state index in [1.165, 1.54) is 0 Å². The van der Waals surface area contributed by atoms with Crippen molar-refractivity contribution in [1.82, 2.24) is 0 Å². The maximum atomic E-state index is 12.8. The van der Waals surface area contributed by atoms with Crippen LogP contribution in [-0.4, -0.2) is 20.1 Å². The van der Waals surface area contributed by atoms with Crippen molar-refractivity contribution in [3.05, 3.63) is 65.2 Å². The molecule has 1 heterocycles. The first kappa shape index (κ1) is 12.9. The van der Waals surface area contributed by atoms with Gasteiger partial charge in [0.2, 0.25) is 0 Å². The van der Waals surface area contributed by atoms with Crippen molar-refractivity contribution in [2.45, 2.75) is 12.5 Å². The number of anilines is 1. The highest BCUT2D eigenvalue weighted by atomic mass is 16.5. The van der Waals surface area contributed by atoms with Crippen LogP contribution in [0.5, 0.6) is 0 Å². The van der Waals surface area contributed by atoms with Gasteiger partial charge >= 0.3 is 0 Å². The summed E-state index contributed by atoms with van der Waals surface area (Å²) in [5, 5.41) is 0. The highest BCUT2D eigenvalue weighted by Gasteiger charge is 2.51. The van der Waals surface area contributed by atoms with Crippen molar-refractivity contribution < 1.29 is 9.53 Å². The Hall–Kier alpha value is -2.13. The first-order valence-corrected chi connectivity index (χ1v) is 6.61. The van der Waals surface area contributed by atoms with Gasteiger partial charge in [-0.1, -0.05) is 48.0 Å². The standard InChI is InChI=1S/C17H17NO2/c1-12-9-10-15-14(11-12)17(20-3,16(19)18(15)2)13-7-5-4-6-8-13/h4-11H,1-3H3/t17-/m0/s1. The Morgan fingerprint density at radius 2 is 1.80 bits per heavy atom. The molecule has 3 rings (SSSR count). The van der Waals surface area contributed by atoms with Crippen LogP contribution in [0.2, 0.25) is 0 Å². The van der Waals surface area contributed by atoms with E-state index in [0.717, 1.165) is 22.4 Å². The van der Waals surface area contributed by atoms with Crippen molar-refractivity contribution >= 4 is 11.6 Å². The van der Waals surface area contributed by atoms with Gasteiger partial charge in [-0.25, -0.2) is 0 Å². The minimum absolute atomic E-state index is 0.0493. The second kappa shape index (κ2) is 4.46. The van der Waals surface area contributed by atoms with Gasteiger partial charge in [0.1, 0.15) is 0 Å². The quantitative estimate of drug-likeness (QED) is 0.837. The third-order valence-electron chi connectivity index (χ3n) is 3.99. The summed E-state index contributed by atoms with van der Waals surface area (Å²) in [6, 6.07) is 15.7. The van der Waals surface area contributed by atoms with E-state index in [0.29, 0.717) is 0 Å². The summed E-state index contributed by atoms with van der Waals surface area (Å²) in [6.45, 7) is 2.02. The number of amides is 1. The number of rotatable bonds is 2. The van der Waals surface area contributed by atoms with Gasteiger partial charge in [-0.05, 0) is 18.6 Å². The van der Waals surface area contributed by atoms with Crippen molar-refractivity contribution in [2.75, 3.05) is 19.1 Å². The number of fused-ring (bicyclic) bond motifs is 1. The molecule has 1 amide bonds. The Balaban J connectivity index is 2.32. The molecule has 0 unspecified atom stereocenters. The van der Waals surface area contributed by atoms with Gasteiger partial charge in [-0.2, -0.15) is 0 Å². The number of methoxy groups -OCH3 is 1. The van der Waals surface area contributed by atoms with Crippen molar-refractivity contribution in [3.8, 4) is 0 Å². The molecule has 2 aromatic rings. The zero-order chi connectivity index (χ0) is 14.3. The number of aryl methyl sites for hydroxylation is 1. The van der Waals surface area contributed by atoms with Gasteiger partial charge in [0.15, 0.2) is 5.60 Å². The average Bonchev–Trinajstić information content (AvgIpc) is 2.69. The summed E-state index contributed by atoms with van der Waals surface area (Å²) in [7, 11) is 3.39. The number of benzene rings is 2. The Morgan fingerprint density at radius 3 is 2.45 bits per heavy atom. The van der Waals surface area contributed by atoms with E-state index < -0.39 is 5.60 Å². The molecule has 3 nitrogen and oxygen atoms in total. The molecule has 0 fully saturated rings. The topological polar surface area (TPSA) is 29.5 Å². The van der Waals surface area contributed by atoms with Crippen LogP contribution >= 0.6 is 0 Å². The van der Waals surface area contributed by atoms with E-state index >= 15 is 0 Å². The zero-order valence-corrected chi connectivity index (χ0v) is 11.9. The Bertz CT molecular complexity index is 666. The first-order valence-electron chi connectivity index (χ1n) is 6.61. The first-order chi connectivity index (χ1) is 9.61. The minimum atomic E-state index is -1.03. The Kier molecular flexibility index (Phi) is 2.87. The monoisotopic (exact) mass is 267 g/mol. The Labute approximate surface area is 118 Å². The molecule has 1 aliphatic rings. The zero-order valence-electron chi connectivity index (χ0n) is 11.9. The van der Waals surface area contributed by atoms with Gasteiger partial charge in [-0.15, -0.1) is 0 Å². The molecule has 0 bridgehead atoms. The lowest BCUT2D eigenvalue weighted by Crippen LogP contribution is -2.41. The fourth-order valence-electron chi connectivity index (χ4n) is 2.95. The van der Waals surface area contributed by atoms with E-state index in [4.69, 9.17) is 4.74 Å². The van der Waals surface area contributed by atoms with Gasteiger partial charge in [-0.3, -0.25) is 4.79 Å². The van der Waals surface area contributed by atoms with Crippen LogP contribution < -0.4 is 4.90 Å². The molecule has 2 aromatic carbocycles. The highest BCUT2D eigenvalue weighted by Crippen LogP contribution is 2.46. The van der Waals surface area contributed by atoms with Crippen LogP contribution in [-0.2, 0) is 15.1 Å². The molecule has 0 aromatic heterocycles. The van der Waals surface area contributed by atoms with Crippen molar-refractivity contribution in [2.24, 2.45) is 0 Å². The van der Waals surface area contributed by atoms with Crippen LogP contribution in [0.1, 0.15) is 16.7 Å². The number of hydrogen-bond donors (Lipinski definition) is 0. The predicted molar refractivity (Wildman–Crippen MR) is 78.8 cm³/mol. The number of likely N-dealkylation sites (N-methyl/N-ethyl adjacent to an activating group) is 1. The maximum absolute atomic E-state index is 12.8. The molecular formula is C17H17NO2. The summed E-state index contributed by atoms with van der Waals surface area (Å²) in [5.41, 5.74) is 2.77. The molecule has 0 aliphatic carbocycles. The number of carbonyl (C=O) groups excluding carboxylic acids is 1. The van der Waals surface area contributed by atoms with Crippen molar-refractivity contribution in [3.63, 3.8) is 0 Å². The van der Waals surface area contributed by atoms with Crippen LogP contribution in [0, 0.1) is 6.92 Å². The Morgan fingerprint density at radius 1 is 1.10 bits per heavy atom. The summed E-state index contributed by atoms with van der Waals surface area (Å²) < 4.78 is 5.76. The van der Waals surface area contributed by atoms with E-state index in [2.05, 4.69) is 0 Å². The van der Waals surface area contributed by atoms with Crippen LogP contribution in [0.3, 0.4) is 0 Å². The van der Waals surface area contributed by atoms with E-state index in [1.54, 1.807) is 19.1 Å². The summed E-state index contributed by atoms with van der Waals surface area (Å²) >= 11 is 0. The maximum Gasteiger partial charge on any atom is 0.268 e. The van der Waals surface area contributed by atoms with Crippen molar-refractivity contribution in [1.29, 1.82) is 0 Å². The highest BCUT2D eigenvalue weighted by molar-refractivity contribution is 6.09. The molecule has 1 atom stereocenters. The minimum Gasteiger partial charge on any atom is -0.359 e. The molecule has 0 spiro atoms. The summed E-state index contributed by atoms with van der Waals surface area (Å²) in [6.07, 6.45) is 0. The number of hydrogen-bond acceptors (Lipinski definition) is 2. The second-order valence-electron chi connectivity index (χ2n) is 5.14. The van der Waals surface area contributed by atoms with E-state index in [1.807, 2.05) is 55.5 Å². The average molecular weight is 267 g/mol. The number of carbonyl (C=O) groups is 1. The van der Waals surface area contributed by atoms with E-state index in [9.17, 15) is 4.79 Å². The molecule has 102 valence electrons. The number of nitrogens with zero attached hydrogens (tertiary/aromatic N) is 1.